The van der Waals surface area contributed by atoms with Crippen LogP contribution in [-0.2, 0) is 0 Å². The van der Waals surface area contributed by atoms with Crippen LogP contribution in [0.15, 0.2) is 36.4 Å². The van der Waals surface area contributed by atoms with E-state index in [1.54, 1.807) is 12.1 Å². The van der Waals surface area contributed by atoms with Crippen molar-refractivity contribution in [2.45, 2.75) is 0 Å². The summed E-state index contributed by atoms with van der Waals surface area (Å²) < 4.78 is 13.0. The Morgan fingerprint density at radius 2 is 1.91 bits per heavy atom. The number of thiophene rings is 1. The number of amides is 1. The fourth-order valence-electron chi connectivity index (χ4n) is 2.58. The maximum Gasteiger partial charge on any atom is 0.261 e. The lowest BCUT2D eigenvalue weighted by molar-refractivity contribution is 0.0951. The number of benzene rings is 1. The Morgan fingerprint density at radius 3 is 2.65 bits per heavy atom. The van der Waals surface area contributed by atoms with E-state index in [0.29, 0.717) is 11.4 Å². The van der Waals surface area contributed by atoms with E-state index in [1.807, 2.05) is 12.1 Å². The quantitative estimate of drug-likeness (QED) is 0.882. The maximum absolute atomic E-state index is 13.0. The number of nitrogens with one attached hydrogen (secondary N) is 2. The normalized spacial score (nSPS) is 15.5. The number of nitrogens with zero attached hydrogens (tertiary/aromatic N) is 1. The minimum Gasteiger partial charge on any atom is -0.350 e. The van der Waals surface area contributed by atoms with Crippen LogP contribution in [0.25, 0.3) is 10.4 Å². The first-order valence-electron chi connectivity index (χ1n) is 7.79. The number of piperazine rings is 1. The molecular weight excluding hydrogens is 313 g/mol. The Morgan fingerprint density at radius 1 is 1.17 bits per heavy atom. The van der Waals surface area contributed by atoms with Crippen molar-refractivity contribution in [3.63, 3.8) is 0 Å². The largest absolute Gasteiger partial charge is 0.350 e. The molecule has 1 fully saturated rings. The molecule has 0 aliphatic carbocycles. The molecule has 0 unspecified atom stereocenters. The molecule has 6 heteroatoms. The minimum atomic E-state index is -0.254. The van der Waals surface area contributed by atoms with Crippen LogP contribution in [0.2, 0.25) is 0 Å². The van der Waals surface area contributed by atoms with Crippen molar-refractivity contribution >= 4 is 17.2 Å². The van der Waals surface area contributed by atoms with E-state index >= 15 is 0 Å². The van der Waals surface area contributed by atoms with Crippen LogP contribution in [0.5, 0.6) is 0 Å². The summed E-state index contributed by atoms with van der Waals surface area (Å²) in [6.45, 7) is 5.62. The summed E-state index contributed by atoms with van der Waals surface area (Å²) in [7, 11) is 0. The van der Waals surface area contributed by atoms with Crippen molar-refractivity contribution in [3.8, 4) is 10.4 Å². The second-order valence-electron chi connectivity index (χ2n) is 5.52. The van der Waals surface area contributed by atoms with Gasteiger partial charge in [-0.2, -0.15) is 0 Å². The van der Waals surface area contributed by atoms with Gasteiger partial charge in [-0.05, 0) is 29.8 Å². The summed E-state index contributed by atoms with van der Waals surface area (Å²) in [5.74, 6) is -0.297. The monoisotopic (exact) mass is 333 g/mol. The van der Waals surface area contributed by atoms with E-state index in [1.165, 1.54) is 23.5 Å². The molecule has 0 bridgehead atoms. The third-order valence-electron chi connectivity index (χ3n) is 3.88. The summed E-state index contributed by atoms with van der Waals surface area (Å²) in [4.78, 5) is 16.2. The Balaban J connectivity index is 1.52. The molecule has 0 saturated carbocycles. The highest BCUT2D eigenvalue weighted by Crippen LogP contribution is 2.28. The van der Waals surface area contributed by atoms with Gasteiger partial charge in [-0.1, -0.05) is 12.1 Å². The number of hydrogen-bond acceptors (Lipinski definition) is 4. The number of carbonyl (C=O) groups excluding carboxylic acids is 1. The Hall–Kier alpha value is -1.76. The van der Waals surface area contributed by atoms with Crippen molar-refractivity contribution in [1.82, 2.24) is 15.5 Å². The summed E-state index contributed by atoms with van der Waals surface area (Å²) in [6.07, 6.45) is 0. The van der Waals surface area contributed by atoms with Gasteiger partial charge in [-0.15, -0.1) is 11.3 Å². The molecule has 1 saturated heterocycles. The van der Waals surface area contributed by atoms with Crippen molar-refractivity contribution in [2.24, 2.45) is 0 Å². The molecule has 1 aliphatic heterocycles. The lowest BCUT2D eigenvalue weighted by Gasteiger charge is -2.26. The molecule has 1 aromatic carbocycles. The molecule has 2 N–H and O–H groups in total. The molecule has 0 radical (unpaired) electrons. The van der Waals surface area contributed by atoms with Gasteiger partial charge in [0.1, 0.15) is 5.82 Å². The topological polar surface area (TPSA) is 44.4 Å². The predicted molar refractivity (Wildman–Crippen MR) is 91.4 cm³/mol. The summed E-state index contributed by atoms with van der Waals surface area (Å²) >= 11 is 1.43. The fourth-order valence-corrected chi connectivity index (χ4v) is 3.51. The second kappa shape index (κ2) is 7.68. The van der Waals surface area contributed by atoms with Gasteiger partial charge in [-0.25, -0.2) is 4.39 Å². The molecule has 2 heterocycles. The van der Waals surface area contributed by atoms with Gasteiger partial charge in [0, 0.05) is 44.1 Å². The van der Waals surface area contributed by atoms with E-state index in [9.17, 15) is 9.18 Å². The van der Waals surface area contributed by atoms with E-state index in [0.717, 1.165) is 43.2 Å². The highest BCUT2D eigenvalue weighted by Gasteiger charge is 2.12. The van der Waals surface area contributed by atoms with Crippen LogP contribution >= 0.6 is 11.3 Å². The van der Waals surface area contributed by atoms with Gasteiger partial charge < -0.3 is 10.6 Å². The van der Waals surface area contributed by atoms with Gasteiger partial charge in [-0.3, -0.25) is 9.69 Å². The van der Waals surface area contributed by atoms with Crippen LogP contribution < -0.4 is 10.6 Å². The first-order chi connectivity index (χ1) is 11.2. The molecule has 1 amide bonds. The van der Waals surface area contributed by atoms with E-state index in [2.05, 4.69) is 15.5 Å². The summed E-state index contributed by atoms with van der Waals surface area (Å²) in [5.41, 5.74) is 0.927. The molecule has 3 rings (SSSR count). The summed E-state index contributed by atoms with van der Waals surface area (Å²) in [5, 5.41) is 6.28. The molecule has 4 nitrogen and oxygen atoms in total. The molecule has 122 valence electrons. The Labute approximate surface area is 139 Å². The number of halogens is 1. The molecule has 1 aromatic heterocycles. The Kier molecular flexibility index (Phi) is 5.38. The zero-order chi connectivity index (χ0) is 16.1. The summed E-state index contributed by atoms with van der Waals surface area (Å²) in [6, 6.07) is 10.1. The van der Waals surface area contributed by atoms with Crippen LogP contribution in [0, 0.1) is 5.82 Å². The highest BCUT2D eigenvalue weighted by atomic mass is 32.1. The highest BCUT2D eigenvalue weighted by molar-refractivity contribution is 7.17. The average molecular weight is 333 g/mol. The SMILES string of the molecule is O=C(NCCN1CCNCC1)c1ccc(-c2ccc(F)cc2)s1. The van der Waals surface area contributed by atoms with Crippen LogP contribution in [0.1, 0.15) is 9.67 Å². The maximum atomic E-state index is 13.0. The number of rotatable bonds is 5. The standard InChI is InChI=1S/C17H20FN3OS/c18-14-3-1-13(2-4-14)15-5-6-16(23-15)17(22)20-9-12-21-10-7-19-8-11-21/h1-6,19H,7-12H2,(H,20,22). The van der Waals surface area contributed by atoms with Gasteiger partial charge in [0.2, 0.25) is 0 Å². The lowest BCUT2D eigenvalue weighted by Crippen LogP contribution is -2.46. The van der Waals surface area contributed by atoms with Crippen LogP contribution in [-0.4, -0.2) is 50.1 Å². The fraction of sp³-hybridized carbons (Fsp3) is 0.353. The third-order valence-corrected chi connectivity index (χ3v) is 5.01. The van der Waals surface area contributed by atoms with Gasteiger partial charge in [0.15, 0.2) is 0 Å². The smallest absolute Gasteiger partial charge is 0.261 e. The molecule has 0 spiro atoms. The zero-order valence-electron chi connectivity index (χ0n) is 12.8. The minimum absolute atomic E-state index is 0.0431. The first kappa shape index (κ1) is 16.1. The van der Waals surface area contributed by atoms with Gasteiger partial charge in [0.25, 0.3) is 5.91 Å². The van der Waals surface area contributed by atoms with Crippen molar-refractivity contribution in [3.05, 3.63) is 47.1 Å². The molecular formula is C17H20FN3OS. The van der Waals surface area contributed by atoms with Crippen molar-refractivity contribution in [2.75, 3.05) is 39.3 Å². The zero-order valence-corrected chi connectivity index (χ0v) is 13.7. The van der Waals surface area contributed by atoms with E-state index in [4.69, 9.17) is 0 Å². The predicted octanol–water partition coefficient (Wildman–Crippen LogP) is 2.19. The molecule has 2 aromatic rings. The second-order valence-corrected chi connectivity index (χ2v) is 6.60. The molecule has 23 heavy (non-hydrogen) atoms. The van der Waals surface area contributed by atoms with Gasteiger partial charge in [0.05, 0.1) is 4.88 Å². The van der Waals surface area contributed by atoms with E-state index < -0.39 is 0 Å². The lowest BCUT2D eigenvalue weighted by atomic mass is 10.2. The number of hydrogen-bond donors (Lipinski definition) is 2. The number of carbonyl (C=O) groups is 1. The van der Waals surface area contributed by atoms with Crippen LogP contribution in [0.4, 0.5) is 4.39 Å². The first-order valence-corrected chi connectivity index (χ1v) is 8.61. The average Bonchev–Trinajstić information content (AvgIpc) is 3.06. The van der Waals surface area contributed by atoms with E-state index in [-0.39, 0.29) is 11.7 Å². The molecule has 0 atom stereocenters. The van der Waals surface area contributed by atoms with Crippen LogP contribution in [0.3, 0.4) is 0 Å². The molecule has 1 aliphatic rings. The van der Waals surface area contributed by atoms with Gasteiger partial charge >= 0.3 is 0 Å². The van der Waals surface area contributed by atoms with Crippen molar-refractivity contribution < 1.29 is 9.18 Å². The van der Waals surface area contributed by atoms with Crippen molar-refractivity contribution in [1.29, 1.82) is 0 Å². The Bertz CT molecular complexity index is 650. The third kappa shape index (κ3) is 4.37.